The number of ether oxygens (including phenoxy) is 1. The fourth-order valence-corrected chi connectivity index (χ4v) is 1.25. The lowest BCUT2D eigenvalue weighted by molar-refractivity contribution is -0.125. The largest absolute Gasteiger partial charge is 0.496 e. The van der Waals surface area contributed by atoms with E-state index >= 15 is 0 Å². The lowest BCUT2D eigenvalue weighted by atomic mass is 10.1. The van der Waals surface area contributed by atoms with E-state index in [1.807, 2.05) is 24.3 Å². The average molecular weight is 222 g/mol. The Morgan fingerprint density at radius 2 is 2.06 bits per heavy atom. The number of carbonyl (C=O) groups excluding carboxylic acids is 1. The molecule has 4 nitrogen and oxygen atoms in total. The molecule has 1 aromatic rings. The molecule has 0 aromatic heterocycles. The van der Waals surface area contributed by atoms with E-state index in [1.165, 1.54) is 0 Å². The first-order valence-corrected chi connectivity index (χ1v) is 5.14. The monoisotopic (exact) mass is 222 g/mol. The SMILES string of the molecule is COc1ccccc1CNC(=O)C(C)(C)N. The van der Waals surface area contributed by atoms with Gasteiger partial charge in [0.25, 0.3) is 0 Å². The molecule has 0 heterocycles. The molecule has 1 aromatic carbocycles. The topological polar surface area (TPSA) is 64.3 Å². The van der Waals surface area contributed by atoms with Gasteiger partial charge in [-0.1, -0.05) is 18.2 Å². The summed E-state index contributed by atoms with van der Waals surface area (Å²) >= 11 is 0. The van der Waals surface area contributed by atoms with Gasteiger partial charge in [-0.3, -0.25) is 4.79 Å². The Morgan fingerprint density at radius 1 is 1.44 bits per heavy atom. The summed E-state index contributed by atoms with van der Waals surface area (Å²) in [5, 5.41) is 2.77. The van der Waals surface area contributed by atoms with Gasteiger partial charge in [0.2, 0.25) is 5.91 Å². The van der Waals surface area contributed by atoms with Crippen LogP contribution in [-0.4, -0.2) is 18.6 Å². The standard InChI is InChI=1S/C12H18N2O2/c1-12(2,13)11(15)14-8-9-6-4-5-7-10(9)16-3/h4-7H,8,13H2,1-3H3,(H,14,15). The first kappa shape index (κ1) is 12.5. The van der Waals surface area contributed by atoms with E-state index in [1.54, 1.807) is 21.0 Å². The van der Waals surface area contributed by atoms with Gasteiger partial charge < -0.3 is 15.8 Å². The first-order chi connectivity index (χ1) is 7.45. The number of benzene rings is 1. The highest BCUT2D eigenvalue weighted by Gasteiger charge is 2.21. The predicted molar refractivity (Wildman–Crippen MR) is 63.1 cm³/mol. The van der Waals surface area contributed by atoms with E-state index in [-0.39, 0.29) is 5.91 Å². The van der Waals surface area contributed by atoms with Crippen molar-refractivity contribution < 1.29 is 9.53 Å². The molecule has 0 aliphatic rings. The van der Waals surface area contributed by atoms with Gasteiger partial charge in [-0.15, -0.1) is 0 Å². The molecule has 0 unspecified atom stereocenters. The molecule has 1 rings (SSSR count). The predicted octanol–water partition coefficient (Wildman–Crippen LogP) is 1.05. The minimum absolute atomic E-state index is 0.182. The molecule has 88 valence electrons. The van der Waals surface area contributed by atoms with E-state index in [9.17, 15) is 4.79 Å². The van der Waals surface area contributed by atoms with E-state index in [0.717, 1.165) is 11.3 Å². The van der Waals surface area contributed by atoms with Crippen molar-refractivity contribution in [2.75, 3.05) is 7.11 Å². The number of amides is 1. The molecule has 1 amide bonds. The Morgan fingerprint density at radius 3 is 2.62 bits per heavy atom. The van der Waals surface area contributed by atoms with Crippen LogP contribution >= 0.6 is 0 Å². The van der Waals surface area contributed by atoms with Crippen molar-refractivity contribution in [3.63, 3.8) is 0 Å². The third kappa shape index (κ3) is 3.24. The third-order valence-corrected chi connectivity index (χ3v) is 2.22. The van der Waals surface area contributed by atoms with Crippen LogP contribution < -0.4 is 15.8 Å². The van der Waals surface area contributed by atoms with Crippen molar-refractivity contribution >= 4 is 5.91 Å². The molecular weight excluding hydrogens is 204 g/mol. The second-order valence-electron chi connectivity index (χ2n) is 4.22. The molecule has 0 atom stereocenters. The molecular formula is C12H18N2O2. The van der Waals surface area contributed by atoms with Crippen molar-refractivity contribution in [1.29, 1.82) is 0 Å². The van der Waals surface area contributed by atoms with Crippen molar-refractivity contribution in [3.05, 3.63) is 29.8 Å². The lowest BCUT2D eigenvalue weighted by Gasteiger charge is -2.18. The molecule has 4 heteroatoms. The first-order valence-electron chi connectivity index (χ1n) is 5.14. The summed E-state index contributed by atoms with van der Waals surface area (Å²) in [6.45, 7) is 3.76. The average Bonchev–Trinajstić information content (AvgIpc) is 2.24. The van der Waals surface area contributed by atoms with Gasteiger partial charge in [0.15, 0.2) is 0 Å². The van der Waals surface area contributed by atoms with Gasteiger partial charge in [-0.05, 0) is 19.9 Å². The second-order valence-corrected chi connectivity index (χ2v) is 4.22. The zero-order chi connectivity index (χ0) is 12.2. The van der Waals surface area contributed by atoms with Crippen LogP contribution in [0.25, 0.3) is 0 Å². The Bertz CT molecular complexity index is 370. The van der Waals surface area contributed by atoms with Crippen LogP contribution in [-0.2, 0) is 11.3 Å². The Kier molecular flexibility index (Phi) is 3.90. The maximum atomic E-state index is 11.6. The van der Waals surface area contributed by atoms with Gasteiger partial charge in [0.05, 0.1) is 12.6 Å². The van der Waals surface area contributed by atoms with Crippen LogP contribution in [0.2, 0.25) is 0 Å². The van der Waals surface area contributed by atoms with Crippen molar-refractivity contribution in [3.8, 4) is 5.75 Å². The second kappa shape index (κ2) is 4.99. The van der Waals surface area contributed by atoms with E-state index < -0.39 is 5.54 Å². The number of hydrogen-bond acceptors (Lipinski definition) is 3. The molecule has 0 radical (unpaired) electrons. The Balaban J connectivity index is 2.65. The molecule has 0 aliphatic carbocycles. The van der Waals surface area contributed by atoms with Crippen LogP contribution in [0.1, 0.15) is 19.4 Å². The number of hydrogen-bond donors (Lipinski definition) is 2. The summed E-state index contributed by atoms with van der Waals surface area (Å²) in [5.74, 6) is 0.580. The number of nitrogens with two attached hydrogens (primary N) is 1. The summed E-state index contributed by atoms with van der Waals surface area (Å²) in [4.78, 5) is 11.6. The number of para-hydroxylation sites is 1. The fraction of sp³-hybridized carbons (Fsp3) is 0.417. The maximum Gasteiger partial charge on any atom is 0.239 e. The van der Waals surface area contributed by atoms with Crippen molar-refractivity contribution in [2.45, 2.75) is 25.9 Å². The lowest BCUT2D eigenvalue weighted by Crippen LogP contribution is -2.48. The van der Waals surface area contributed by atoms with Crippen molar-refractivity contribution in [1.82, 2.24) is 5.32 Å². The molecule has 0 bridgehead atoms. The highest BCUT2D eigenvalue weighted by Crippen LogP contribution is 2.16. The van der Waals surface area contributed by atoms with Gasteiger partial charge in [0.1, 0.15) is 5.75 Å². The van der Waals surface area contributed by atoms with E-state index in [0.29, 0.717) is 6.54 Å². The fourth-order valence-electron chi connectivity index (χ4n) is 1.25. The zero-order valence-corrected chi connectivity index (χ0v) is 9.91. The molecule has 0 spiro atoms. The number of nitrogens with one attached hydrogen (secondary N) is 1. The highest BCUT2D eigenvalue weighted by atomic mass is 16.5. The van der Waals surface area contributed by atoms with Crippen LogP contribution in [0.5, 0.6) is 5.75 Å². The van der Waals surface area contributed by atoms with Gasteiger partial charge in [-0.25, -0.2) is 0 Å². The van der Waals surface area contributed by atoms with Gasteiger partial charge in [0, 0.05) is 12.1 Å². The van der Waals surface area contributed by atoms with Crippen LogP contribution in [0.15, 0.2) is 24.3 Å². The van der Waals surface area contributed by atoms with Crippen LogP contribution in [0.4, 0.5) is 0 Å². The normalized spacial score (nSPS) is 11.0. The highest BCUT2D eigenvalue weighted by molar-refractivity contribution is 5.85. The maximum absolute atomic E-state index is 11.6. The summed E-state index contributed by atoms with van der Waals surface area (Å²) in [7, 11) is 1.60. The number of methoxy groups -OCH3 is 1. The number of carbonyl (C=O) groups is 1. The Hall–Kier alpha value is -1.55. The molecule has 0 saturated carbocycles. The Labute approximate surface area is 95.8 Å². The quantitative estimate of drug-likeness (QED) is 0.800. The third-order valence-electron chi connectivity index (χ3n) is 2.22. The van der Waals surface area contributed by atoms with Crippen LogP contribution in [0.3, 0.4) is 0 Å². The summed E-state index contributed by atoms with van der Waals surface area (Å²) in [5.41, 5.74) is 5.74. The molecule has 0 fully saturated rings. The van der Waals surface area contributed by atoms with E-state index in [4.69, 9.17) is 10.5 Å². The summed E-state index contributed by atoms with van der Waals surface area (Å²) < 4.78 is 5.18. The summed E-state index contributed by atoms with van der Waals surface area (Å²) in [6, 6.07) is 7.55. The minimum atomic E-state index is -0.859. The molecule has 16 heavy (non-hydrogen) atoms. The van der Waals surface area contributed by atoms with Gasteiger partial charge >= 0.3 is 0 Å². The number of rotatable bonds is 4. The minimum Gasteiger partial charge on any atom is -0.496 e. The zero-order valence-electron chi connectivity index (χ0n) is 9.91. The smallest absolute Gasteiger partial charge is 0.239 e. The van der Waals surface area contributed by atoms with Crippen molar-refractivity contribution in [2.24, 2.45) is 5.73 Å². The van der Waals surface area contributed by atoms with Crippen LogP contribution in [0, 0.1) is 0 Å². The molecule has 0 aliphatic heterocycles. The molecule has 0 saturated heterocycles. The van der Waals surface area contributed by atoms with Gasteiger partial charge in [-0.2, -0.15) is 0 Å². The van der Waals surface area contributed by atoms with E-state index in [2.05, 4.69) is 5.32 Å². The molecule has 3 N–H and O–H groups in total. The summed E-state index contributed by atoms with van der Waals surface area (Å²) in [6.07, 6.45) is 0.